The predicted molar refractivity (Wildman–Crippen MR) is 69.7 cm³/mol. The van der Waals surface area contributed by atoms with Crippen molar-refractivity contribution in [1.29, 1.82) is 0 Å². The highest BCUT2D eigenvalue weighted by Gasteiger charge is 2.19. The Morgan fingerprint density at radius 1 is 1.33 bits per heavy atom. The maximum atomic E-state index is 11.2. The Morgan fingerprint density at radius 2 is 2.00 bits per heavy atom. The first kappa shape index (κ1) is 12.4. The van der Waals surface area contributed by atoms with E-state index in [4.69, 9.17) is 0 Å². The van der Waals surface area contributed by atoms with Gasteiger partial charge in [0.2, 0.25) is 0 Å². The molecule has 1 N–H and O–H groups in total. The van der Waals surface area contributed by atoms with Gasteiger partial charge in [-0.1, -0.05) is 38.1 Å². The smallest absolute Gasteiger partial charge is 0.339 e. The standard InChI is InChI=1S/C14H16N2O2/c1-9(2)10-6-4-5-7-11(10)13-12(14(17)18)8-15-16(13)3/h4-9H,1-3H3,(H,17,18). The van der Waals surface area contributed by atoms with Gasteiger partial charge in [0.15, 0.2) is 0 Å². The van der Waals surface area contributed by atoms with Crippen LogP contribution in [0, 0.1) is 0 Å². The number of aromatic nitrogens is 2. The van der Waals surface area contributed by atoms with E-state index in [1.807, 2.05) is 24.3 Å². The SMILES string of the molecule is CC(C)c1ccccc1-c1c(C(=O)O)cnn1C. The lowest BCUT2D eigenvalue weighted by molar-refractivity contribution is 0.0697. The summed E-state index contributed by atoms with van der Waals surface area (Å²) in [4.78, 5) is 11.2. The minimum absolute atomic E-state index is 0.241. The highest BCUT2D eigenvalue weighted by molar-refractivity contribution is 5.95. The molecule has 2 aromatic rings. The highest BCUT2D eigenvalue weighted by Crippen LogP contribution is 2.30. The van der Waals surface area contributed by atoms with E-state index in [9.17, 15) is 9.90 Å². The summed E-state index contributed by atoms with van der Waals surface area (Å²) in [6.07, 6.45) is 1.40. The van der Waals surface area contributed by atoms with Crippen LogP contribution in [0.1, 0.15) is 35.7 Å². The zero-order chi connectivity index (χ0) is 13.3. The Balaban J connectivity index is 2.69. The van der Waals surface area contributed by atoms with Crippen molar-refractivity contribution in [1.82, 2.24) is 9.78 Å². The Bertz CT molecular complexity index is 585. The van der Waals surface area contributed by atoms with E-state index in [0.717, 1.165) is 11.1 Å². The molecular weight excluding hydrogens is 228 g/mol. The molecule has 2 rings (SSSR count). The van der Waals surface area contributed by atoms with Crippen molar-refractivity contribution in [2.45, 2.75) is 19.8 Å². The third kappa shape index (κ3) is 2.01. The first-order chi connectivity index (χ1) is 8.52. The molecule has 4 heteroatoms. The number of carboxylic acid groups (broad SMARTS) is 1. The lowest BCUT2D eigenvalue weighted by Gasteiger charge is -2.13. The fraction of sp³-hybridized carbons (Fsp3) is 0.286. The van der Waals surface area contributed by atoms with Crippen LogP contribution in [0.4, 0.5) is 0 Å². The summed E-state index contributed by atoms with van der Waals surface area (Å²) in [6, 6.07) is 7.85. The number of hydrogen-bond donors (Lipinski definition) is 1. The normalized spacial score (nSPS) is 10.9. The fourth-order valence-corrected chi connectivity index (χ4v) is 2.13. The van der Waals surface area contributed by atoms with Gasteiger partial charge in [-0.2, -0.15) is 5.10 Å². The Morgan fingerprint density at radius 3 is 2.61 bits per heavy atom. The second-order valence-corrected chi connectivity index (χ2v) is 4.58. The number of aromatic carboxylic acids is 1. The molecule has 0 amide bonds. The molecular formula is C14H16N2O2. The van der Waals surface area contributed by atoms with Gasteiger partial charge in [0.05, 0.1) is 11.9 Å². The Hall–Kier alpha value is -2.10. The molecule has 0 saturated heterocycles. The Labute approximate surface area is 106 Å². The number of benzene rings is 1. The van der Waals surface area contributed by atoms with Crippen molar-refractivity contribution >= 4 is 5.97 Å². The van der Waals surface area contributed by atoms with Gasteiger partial charge in [-0.3, -0.25) is 4.68 Å². The molecule has 94 valence electrons. The summed E-state index contributed by atoms with van der Waals surface area (Å²) in [6.45, 7) is 4.19. The van der Waals surface area contributed by atoms with E-state index >= 15 is 0 Å². The van der Waals surface area contributed by atoms with Crippen LogP contribution in [0.25, 0.3) is 11.3 Å². The lowest BCUT2D eigenvalue weighted by Crippen LogP contribution is -2.03. The zero-order valence-corrected chi connectivity index (χ0v) is 10.7. The summed E-state index contributed by atoms with van der Waals surface area (Å²) in [5, 5.41) is 13.3. The van der Waals surface area contributed by atoms with Gasteiger partial charge >= 0.3 is 5.97 Å². The maximum absolute atomic E-state index is 11.2. The van der Waals surface area contributed by atoms with Crippen LogP contribution in [0.5, 0.6) is 0 Å². The molecule has 0 aliphatic rings. The van der Waals surface area contributed by atoms with Gasteiger partial charge in [0.1, 0.15) is 5.56 Å². The molecule has 0 bridgehead atoms. The Kier molecular flexibility index (Phi) is 3.19. The quantitative estimate of drug-likeness (QED) is 0.903. The van der Waals surface area contributed by atoms with Crippen LogP contribution in [0.2, 0.25) is 0 Å². The molecule has 0 aliphatic carbocycles. The van der Waals surface area contributed by atoms with Crippen LogP contribution in [-0.4, -0.2) is 20.9 Å². The predicted octanol–water partition coefficient (Wildman–Crippen LogP) is 2.91. The van der Waals surface area contributed by atoms with Crippen LogP contribution in [0.3, 0.4) is 0 Å². The molecule has 0 unspecified atom stereocenters. The average Bonchev–Trinajstić information content (AvgIpc) is 2.71. The summed E-state index contributed by atoms with van der Waals surface area (Å²) < 4.78 is 1.62. The fourth-order valence-electron chi connectivity index (χ4n) is 2.13. The number of aryl methyl sites for hydroxylation is 1. The molecule has 18 heavy (non-hydrogen) atoms. The second kappa shape index (κ2) is 4.64. The number of nitrogens with zero attached hydrogens (tertiary/aromatic N) is 2. The van der Waals surface area contributed by atoms with E-state index in [1.165, 1.54) is 6.20 Å². The molecule has 0 radical (unpaired) electrons. The van der Waals surface area contributed by atoms with Crippen LogP contribution in [-0.2, 0) is 7.05 Å². The molecule has 0 saturated carbocycles. The van der Waals surface area contributed by atoms with E-state index in [1.54, 1.807) is 11.7 Å². The first-order valence-corrected chi connectivity index (χ1v) is 5.87. The van der Waals surface area contributed by atoms with Gasteiger partial charge in [-0.05, 0) is 11.5 Å². The highest BCUT2D eigenvalue weighted by atomic mass is 16.4. The third-order valence-corrected chi connectivity index (χ3v) is 3.01. The van der Waals surface area contributed by atoms with Gasteiger partial charge in [-0.15, -0.1) is 0 Å². The minimum Gasteiger partial charge on any atom is -0.478 e. The van der Waals surface area contributed by atoms with Crippen molar-refractivity contribution < 1.29 is 9.90 Å². The average molecular weight is 244 g/mol. The molecule has 4 nitrogen and oxygen atoms in total. The molecule has 0 fully saturated rings. The maximum Gasteiger partial charge on any atom is 0.339 e. The molecule has 1 aromatic heterocycles. The molecule has 0 aliphatic heterocycles. The van der Waals surface area contributed by atoms with Gasteiger partial charge in [-0.25, -0.2) is 4.79 Å². The minimum atomic E-state index is -0.948. The van der Waals surface area contributed by atoms with Crippen LogP contribution in [0.15, 0.2) is 30.5 Å². The van der Waals surface area contributed by atoms with Crippen molar-refractivity contribution in [3.8, 4) is 11.3 Å². The molecule has 0 spiro atoms. The number of hydrogen-bond acceptors (Lipinski definition) is 2. The topological polar surface area (TPSA) is 55.1 Å². The van der Waals surface area contributed by atoms with E-state index in [0.29, 0.717) is 11.6 Å². The second-order valence-electron chi connectivity index (χ2n) is 4.58. The van der Waals surface area contributed by atoms with Gasteiger partial charge in [0, 0.05) is 12.6 Å². The zero-order valence-electron chi connectivity index (χ0n) is 10.7. The van der Waals surface area contributed by atoms with Crippen molar-refractivity contribution in [3.63, 3.8) is 0 Å². The van der Waals surface area contributed by atoms with E-state index < -0.39 is 5.97 Å². The lowest BCUT2D eigenvalue weighted by atomic mass is 9.94. The number of rotatable bonds is 3. The van der Waals surface area contributed by atoms with E-state index in [-0.39, 0.29) is 5.56 Å². The van der Waals surface area contributed by atoms with E-state index in [2.05, 4.69) is 18.9 Å². The summed E-state index contributed by atoms with van der Waals surface area (Å²) in [5.74, 6) is -0.616. The number of carboxylic acids is 1. The molecule has 0 atom stereocenters. The van der Waals surface area contributed by atoms with Gasteiger partial charge < -0.3 is 5.11 Å². The summed E-state index contributed by atoms with van der Waals surface area (Å²) in [5.41, 5.74) is 2.96. The van der Waals surface area contributed by atoms with Gasteiger partial charge in [0.25, 0.3) is 0 Å². The number of carbonyl (C=O) groups is 1. The van der Waals surface area contributed by atoms with Crippen molar-refractivity contribution in [3.05, 3.63) is 41.6 Å². The summed E-state index contributed by atoms with van der Waals surface area (Å²) >= 11 is 0. The van der Waals surface area contributed by atoms with Crippen LogP contribution >= 0.6 is 0 Å². The largest absolute Gasteiger partial charge is 0.478 e. The van der Waals surface area contributed by atoms with Crippen molar-refractivity contribution in [2.24, 2.45) is 7.05 Å². The van der Waals surface area contributed by atoms with Crippen molar-refractivity contribution in [2.75, 3.05) is 0 Å². The first-order valence-electron chi connectivity index (χ1n) is 5.87. The molecule has 1 aromatic carbocycles. The summed E-state index contributed by atoms with van der Waals surface area (Å²) in [7, 11) is 1.76. The monoisotopic (exact) mass is 244 g/mol. The van der Waals surface area contributed by atoms with Crippen LogP contribution < -0.4 is 0 Å². The third-order valence-electron chi connectivity index (χ3n) is 3.01. The molecule has 1 heterocycles.